The van der Waals surface area contributed by atoms with Crippen LogP contribution in [0.15, 0.2) is 0 Å². The fraction of sp³-hybridized carbons (Fsp3) is 1.00. The molecule has 0 aliphatic carbocycles. The average molecular weight is 279 g/mol. The third-order valence-electron chi connectivity index (χ3n) is 4.02. The zero-order chi connectivity index (χ0) is 14.1. The Morgan fingerprint density at radius 2 is 1.18 bits per heavy atom. The van der Waals surface area contributed by atoms with Crippen molar-refractivity contribution in [2.75, 3.05) is 14.1 Å². The van der Waals surface area contributed by atoms with Gasteiger partial charge in [-0.25, -0.2) is 26.3 Å². The largest absolute Gasteiger partial charge is 0.529 e. The van der Waals surface area contributed by atoms with Crippen LogP contribution < -0.4 is 0 Å². The average Bonchev–Trinajstić information content (AvgIpc) is 2.44. The number of hydrogen-bond acceptors (Lipinski definition) is 0. The van der Waals surface area contributed by atoms with E-state index in [-0.39, 0.29) is 0 Å². The normalized spacial score (nSPS) is 28.1. The summed E-state index contributed by atoms with van der Waals surface area (Å²) in [5.74, 6) is 0. The first-order valence-corrected chi connectivity index (χ1v) is 8.82. The van der Waals surface area contributed by atoms with Gasteiger partial charge in [0.2, 0.25) is 0 Å². The molecule has 1 atom stereocenters. The second kappa shape index (κ2) is 3.23. The van der Waals surface area contributed by atoms with E-state index in [4.69, 9.17) is 0 Å². The molecule has 0 aromatic rings. The molecule has 0 amide bonds. The van der Waals surface area contributed by atoms with Crippen molar-refractivity contribution in [3.8, 4) is 0 Å². The van der Waals surface area contributed by atoms with Gasteiger partial charge in [0.15, 0.2) is 0 Å². The third kappa shape index (κ3) is 1.65. The minimum atomic E-state index is -5.20. The van der Waals surface area contributed by atoms with E-state index in [1.807, 2.05) is 0 Å². The van der Waals surface area contributed by atoms with Gasteiger partial charge in [-0.1, -0.05) is 19.6 Å². The van der Waals surface area contributed by atoms with Crippen LogP contribution in [0.1, 0.15) is 0 Å². The first-order valence-electron chi connectivity index (χ1n) is 5.24. The Labute approximate surface area is 97.3 Å². The van der Waals surface area contributed by atoms with Crippen molar-refractivity contribution in [3.63, 3.8) is 0 Å². The van der Waals surface area contributed by atoms with Crippen molar-refractivity contribution in [1.82, 2.24) is 0 Å². The van der Waals surface area contributed by atoms with Gasteiger partial charge in [-0.2, -0.15) is 0 Å². The fourth-order valence-corrected chi connectivity index (χ4v) is 8.16. The Bertz CT molecular complexity index is 314. The van der Waals surface area contributed by atoms with Gasteiger partial charge in [0, 0.05) is 14.1 Å². The number of hydrogen-bond donors (Lipinski definition) is 0. The van der Waals surface area contributed by atoms with Crippen molar-refractivity contribution >= 4 is 14.4 Å². The van der Waals surface area contributed by atoms with Gasteiger partial charge in [-0.3, -0.25) is 0 Å². The highest BCUT2D eigenvalue weighted by Crippen LogP contribution is 2.62. The van der Waals surface area contributed by atoms with E-state index in [2.05, 4.69) is 0 Å². The Hall–Kier alpha value is -0.178. The first-order chi connectivity index (χ1) is 7.12. The standard InChI is InChI=1S/C8H16BF6NSi/c1-16(2)6(17(3,4)5)9(16,7(10,11)12)8(13,14)15/h6H,1-5H3. The molecule has 1 saturated heterocycles. The van der Waals surface area contributed by atoms with Gasteiger partial charge in [0.1, 0.15) is 0 Å². The van der Waals surface area contributed by atoms with Crippen LogP contribution in [0.4, 0.5) is 26.3 Å². The molecule has 0 bridgehead atoms. The lowest BCUT2D eigenvalue weighted by molar-refractivity contribution is -0.717. The van der Waals surface area contributed by atoms with Crippen LogP contribution in [0, 0.1) is 0 Å². The van der Waals surface area contributed by atoms with E-state index in [9.17, 15) is 26.3 Å². The predicted molar refractivity (Wildman–Crippen MR) is 57.1 cm³/mol. The van der Waals surface area contributed by atoms with Crippen LogP contribution in [0.3, 0.4) is 0 Å². The molecule has 0 N–H and O–H groups in total. The van der Waals surface area contributed by atoms with E-state index in [1.165, 1.54) is 0 Å². The van der Waals surface area contributed by atoms with Crippen molar-refractivity contribution in [2.24, 2.45) is 0 Å². The van der Waals surface area contributed by atoms with Crippen LogP contribution in [0.25, 0.3) is 0 Å². The monoisotopic (exact) mass is 279 g/mol. The quantitative estimate of drug-likeness (QED) is 0.393. The number of alkyl halides is 6. The molecule has 0 spiro atoms. The number of quaternary nitrogens is 1. The minimum absolute atomic E-state index is 0.970. The highest BCUT2D eigenvalue weighted by Gasteiger charge is 2.94. The zero-order valence-electron chi connectivity index (χ0n) is 10.4. The summed E-state index contributed by atoms with van der Waals surface area (Å²) < 4.78 is 76.9. The summed E-state index contributed by atoms with van der Waals surface area (Å²) in [5, 5.41) is 0. The van der Waals surface area contributed by atoms with Crippen LogP contribution >= 0.6 is 0 Å². The Kier molecular flexibility index (Phi) is 2.82. The molecule has 0 aromatic carbocycles. The van der Waals surface area contributed by atoms with Gasteiger partial charge in [-0.05, 0) is 5.56 Å². The number of rotatable bonds is 1. The molecular formula is C8H16BF6NSi. The topological polar surface area (TPSA) is 0 Å². The van der Waals surface area contributed by atoms with Gasteiger partial charge in [-0.15, -0.1) is 0 Å². The maximum atomic E-state index is 13.0. The summed E-state index contributed by atoms with van der Waals surface area (Å²) in [5.41, 5.74) is -1.32. The van der Waals surface area contributed by atoms with Crippen molar-refractivity contribution in [3.05, 3.63) is 0 Å². The van der Waals surface area contributed by atoms with Crippen LogP contribution in [-0.4, -0.2) is 50.6 Å². The number of nitrogens with zero attached hydrogens (tertiary/aromatic N) is 1. The molecule has 1 heterocycles. The van der Waals surface area contributed by atoms with Gasteiger partial charge in [0.25, 0.3) is 0 Å². The van der Waals surface area contributed by atoms with Crippen LogP contribution in [0.5, 0.6) is 0 Å². The van der Waals surface area contributed by atoms with E-state index >= 15 is 0 Å². The lowest BCUT2D eigenvalue weighted by atomic mass is 9.43. The molecule has 0 aromatic heterocycles. The summed E-state index contributed by atoms with van der Waals surface area (Å²) in [6.45, 7) is 4.66. The molecule has 1 rings (SSSR count). The lowest BCUT2D eigenvalue weighted by Crippen LogP contribution is -2.60. The van der Waals surface area contributed by atoms with Crippen LogP contribution in [0.2, 0.25) is 19.6 Å². The molecule has 1 nitrogen and oxygen atoms in total. The zero-order valence-corrected chi connectivity index (χ0v) is 11.4. The summed E-state index contributed by atoms with van der Waals surface area (Å²) in [4.78, 5) is 0. The fourth-order valence-electron chi connectivity index (χ4n) is 3.80. The van der Waals surface area contributed by atoms with Crippen LogP contribution in [-0.2, 0) is 0 Å². The molecule has 1 aliphatic rings. The van der Waals surface area contributed by atoms with Crippen molar-refractivity contribution < 1.29 is 30.7 Å². The first kappa shape index (κ1) is 14.9. The van der Waals surface area contributed by atoms with Gasteiger partial charge >= 0.3 is 18.4 Å². The summed E-state index contributed by atoms with van der Waals surface area (Å²) >= 11 is 0. The van der Waals surface area contributed by atoms with E-state index in [0.717, 1.165) is 14.1 Å². The Morgan fingerprint density at radius 1 is 0.882 bits per heavy atom. The molecule has 102 valence electrons. The minimum Gasteiger partial charge on any atom is -0.529 e. The van der Waals surface area contributed by atoms with Gasteiger partial charge < -0.3 is 4.39 Å². The SMILES string of the molecule is C[N+]1(C)C([Si](C)(C)C)[B-]1(C(F)(F)F)C(F)(F)F. The lowest BCUT2D eigenvalue weighted by Gasteiger charge is -2.31. The maximum Gasteiger partial charge on any atom is 0.461 e. The highest BCUT2D eigenvalue weighted by atomic mass is 28.3. The Balaban J connectivity index is 3.42. The smallest absolute Gasteiger partial charge is 0.461 e. The number of halogens is 6. The van der Waals surface area contributed by atoms with E-state index in [1.54, 1.807) is 19.6 Å². The molecule has 0 radical (unpaired) electrons. The van der Waals surface area contributed by atoms with E-state index in [0.29, 0.717) is 0 Å². The summed E-state index contributed by atoms with van der Waals surface area (Å²) in [7, 11) is -0.463. The molecule has 1 aliphatic heterocycles. The molecule has 1 fully saturated rings. The summed E-state index contributed by atoms with van der Waals surface area (Å²) in [6.07, 6.45) is -14.8. The molecule has 17 heavy (non-hydrogen) atoms. The molecule has 0 saturated carbocycles. The van der Waals surface area contributed by atoms with E-state index < -0.39 is 36.5 Å². The third-order valence-corrected chi connectivity index (χ3v) is 6.94. The van der Waals surface area contributed by atoms with Gasteiger partial charge in [0.05, 0.1) is 8.07 Å². The second-order valence-electron chi connectivity index (χ2n) is 6.41. The second-order valence-corrected chi connectivity index (χ2v) is 11.7. The molecule has 9 heteroatoms. The molecular weight excluding hydrogens is 263 g/mol. The molecule has 1 unspecified atom stereocenters. The maximum absolute atomic E-state index is 13.0. The van der Waals surface area contributed by atoms with Crippen molar-refractivity contribution in [1.29, 1.82) is 0 Å². The van der Waals surface area contributed by atoms with Crippen molar-refractivity contribution in [2.45, 2.75) is 37.4 Å². The predicted octanol–water partition coefficient (Wildman–Crippen LogP) is 3.01. The Morgan fingerprint density at radius 3 is 1.24 bits per heavy atom. The highest BCUT2D eigenvalue weighted by molar-refractivity contribution is 7.02. The summed E-state index contributed by atoms with van der Waals surface area (Å²) in [6, 6.07) is 0.